The van der Waals surface area contributed by atoms with Gasteiger partial charge in [-0.05, 0) is 25.0 Å². The van der Waals surface area contributed by atoms with Crippen LogP contribution in [0, 0.1) is 11.3 Å². The Morgan fingerprint density at radius 3 is 2.87 bits per heavy atom. The number of hydrogen-bond acceptors (Lipinski definition) is 4. The molecule has 1 saturated carbocycles. The molecule has 0 spiro atoms. The van der Waals surface area contributed by atoms with E-state index in [9.17, 15) is 4.79 Å². The van der Waals surface area contributed by atoms with Crippen LogP contribution in [0.5, 0.6) is 5.75 Å². The predicted molar refractivity (Wildman–Crippen MR) is 49.6 cm³/mol. The molecule has 0 radical (unpaired) electrons. The lowest BCUT2D eigenvalue weighted by molar-refractivity contribution is 0.0685. The molecule has 0 aliphatic heterocycles. The SMILES string of the molecule is N#Cc1ccc(OC2CC2)c(C(=O)O)n1. The Morgan fingerprint density at radius 1 is 1.60 bits per heavy atom. The van der Waals surface area contributed by atoms with Gasteiger partial charge in [0.2, 0.25) is 0 Å². The van der Waals surface area contributed by atoms with Crippen LogP contribution in [0.4, 0.5) is 0 Å². The van der Waals surface area contributed by atoms with Crippen molar-refractivity contribution in [2.75, 3.05) is 0 Å². The van der Waals surface area contributed by atoms with Gasteiger partial charge in [-0.15, -0.1) is 0 Å². The van der Waals surface area contributed by atoms with E-state index in [0.29, 0.717) is 0 Å². The number of ether oxygens (including phenoxy) is 1. The van der Waals surface area contributed by atoms with Gasteiger partial charge in [-0.3, -0.25) is 0 Å². The maximum atomic E-state index is 10.8. The Balaban J connectivity index is 2.35. The molecule has 0 amide bonds. The van der Waals surface area contributed by atoms with Crippen LogP contribution in [0.3, 0.4) is 0 Å². The minimum Gasteiger partial charge on any atom is -0.488 e. The van der Waals surface area contributed by atoms with Crippen molar-refractivity contribution < 1.29 is 14.6 Å². The molecule has 0 saturated heterocycles. The molecule has 2 rings (SSSR count). The van der Waals surface area contributed by atoms with Crippen LogP contribution in [0.15, 0.2) is 12.1 Å². The van der Waals surface area contributed by atoms with Crippen molar-refractivity contribution in [3.63, 3.8) is 0 Å². The molecular weight excluding hydrogens is 196 g/mol. The summed E-state index contributed by atoms with van der Waals surface area (Å²) in [4.78, 5) is 14.5. The van der Waals surface area contributed by atoms with Gasteiger partial charge in [-0.1, -0.05) is 0 Å². The molecule has 5 nitrogen and oxygen atoms in total. The van der Waals surface area contributed by atoms with Crippen LogP contribution < -0.4 is 4.74 Å². The topological polar surface area (TPSA) is 83.2 Å². The van der Waals surface area contributed by atoms with Crippen molar-refractivity contribution in [2.24, 2.45) is 0 Å². The van der Waals surface area contributed by atoms with Gasteiger partial charge in [0.05, 0.1) is 6.10 Å². The highest BCUT2D eigenvalue weighted by atomic mass is 16.5. The number of hydrogen-bond donors (Lipinski definition) is 1. The second-order valence-electron chi connectivity index (χ2n) is 3.28. The van der Waals surface area contributed by atoms with Gasteiger partial charge < -0.3 is 9.84 Å². The van der Waals surface area contributed by atoms with E-state index in [1.807, 2.05) is 0 Å². The van der Waals surface area contributed by atoms with Crippen LogP contribution >= 0.6 is 0 Å². The molecule has 15 heavy (non-hydrogen) atoms. The fraction of sp³-hybridized carbons (Fsp3) is 0.300. The quantitative estimate of drug-likeness (QED) is 0.799. The third-order valence-corrected chi connectivity index (χ3v) is 1.99. The highest BCUT2D eigenvalue weighted by Gasteiger charge is 2.26. The Hall–Kier alpha value is -2.09. The Morgan fingerprint density at radius 2 is 2.33 bits per heavy atom. The van der Waals surface area contributed by atoms with Crippen molar-refractivity contribution in [3.05, 3.63) is 23.5 Å². The lowest BCUT2D eigenvalue weighted by Gasteiger charge is -2.06. The summed E-state index contributed by atoms with van der Waals surface area (Å²) in [6.07, 6.45) is 2.00. The van der Waals surface area contributed by atoms with Gasteiger partial charge in [0.1, 0.15) is 11.8 Å². The number of pyridine rings is 1. The van der Waals surface area contributed by atoms with Crippen molar-refractivity contribution in [1.29, 1.82) is 5.26 Å². The van der Waals surface area contributed by atoms with E-state index in [0.717, 1.165) is 12.8 Å². The third-order valence-electron chi connectivity index (χ3n) is 1.99. The van der Waals surface area contributed by atoms with E-state index in [1.165, 1.54) is 12.1 Å². The first-order valence-electron chi connectivity index (χ1n) is 4.52. The van der Waals surface area contributed by atoms with Gasteiger partial charge >= 0.3 is 5.97 Å². The summed E-state index contributed by atoms with van der Waals surface area (Å²) >= 11 is 0. The average Bonchev–Trinajstić information content (AvgIpc) is 3.02. The first-order chi connectivity index (χ1) is 7.20. The molecule has 5 heteroatoms. The van der Waals surface area contributed by atoms with Crippen molar-refractivity contribution in [2.45, 2.75) is 18.9 Å². The Bertz CT molecular complexity index is 446. The molecule has 0 atom stereocenters. The van der Waals surface area contributed by atoms with Gasteiger partial charge in [-0.2, -0.15) is 5.26 Å². The van der Waals surface area contributed by atoms with E-state index in [4.69, 9.17) is 15.1 Å². The summed E-state index contributed by atoms with van der Waals surface area (Å²) in [5, 5.41) is 17.4. The van der Waals surface area contributed by atoms with E-state index >= 15 is 0 Å². The van der Waals surface area contributed by atoms with Crippen LogP contribution in [-0.4, -0.2) is 22.2 Å². The van der Waals surface area contributed by atoms with Crippen molar-refractivity contribution in [3.8, 4) is 11.8 Å². The molecule has 1 heterocycles. The van der Waals surface area contributed by atoms with Gasteiger partial charge in [0.15, 0.2) is 11.4 Å². The zero-order valence-electron chi connectivity index (χ0n) is 7.80. The molecule has 1 aromatic rings. The van der Waals surface area contributed by atoms with E-state index in [2.05, 4.69) is 4.98 Å². The number of nitrogens with zero attached hydrogens (tertiary/aromatic N) is 2. The molecule has 1 N–H and O–H groups in total. The molecule has 0 unspecified atom stereocenters. The maximum Gasteiger partial charge on any atom is 0.358 e. The fourth-order valence-electron chi connectivity index (χ4n) is 1.12. The number of carbonyl (C=O) groups is 1. The molecule has 1 fully saturated rings. The molecule has 1 aliphatic carbocycles. The second-order valence-corrected chi connectivity index (χ2v) is 3.28. The van der Waals surface area contributed by atoms with Crippen LogP contribution in [0.2, 0.25) is 0 Å². The minimum absolute atomic E-state index is 0.0792. The van der Waals surface area contributed by atoms with E-state index in [-0.39, 0.29) is 23.2 Å². The number of carboxylic acids is 1. The minimum atomic E-state index is -1.18. The summed E-state index contributed by atoms with van der Waals surface area (Å²) in [7, 11) is 0. The van der Waals surface area contributed by atoms with Gasteiger partial charge in [0.25, 0.3) is 0 Å². The van der Waals surface area contributed by atoms with E-state index < -0.39 is 5.97 Å². The zero-order valence-corrected chi connectivity index (χ0v) is 7.80. The first kappa shape index (κ1) is 9.46. The number of nitriles is 1. The molecule has 1 aromatic heterocycles. The summed E-state index contributed by atoms with van der Waals surface area (Å²) in [6, 6.07) is 4.72. The largest absolute Gasteiger partial charge is 0.488 e. The predicted octanol–water partition coefficient (Wildman–Crippen LogP) is 1.19. The lowest BCUT2D eigenvalue weighted by Crippen LogP contribution is -2.07. The molecular formula is C10H8N2O3. The molecule has 0 aromatic carbocycles. The second kappa shape index (κ2) is 3.58. The number of aromatic carboxylic acids is 1. The van der Waals surface area contributed by atoms with Crippen molar-refractivity contribution >= 4 is 5.97 Å². The lowest BCUT2D eigenvalue weighted by atomic mass is 10.3. The highest BCUT2D eigenvalue weighted by Crippen LogP contribution is 2.28. The zero-order chi connectivity index (χ0) is 10.8. The van der Waals surface area contributed by atoms with Crippen LogP contribution in [-0.2, 0) is 0 Å². The van der Waals surface area contributed by atoms with Crippen LogP contribution in [0.1, 0.15) is 29.0 Å². The molecule has 76 valence electrons. The first-order valence-corrected chi connectivity index (χ1v) is 4.52. The number of carboxylic acid groups (broad SMARTS) is 1. The number of rotatable bonds is 3. The van der Waals surface area contributed by atoms with Crippen LogP contribution in [0.25, 0.3) is 0 Å². The highest BCUT2D eigenvalue weighted by molar-refractivity contribution is 5.88. The summed E-state index contributed by atoms with van der Waals surface area (Å²) < 4.78 is 5.36. The standard InChI is InChI=1S/C10H8N2O3/c11-5-6-1-4-8(15-7-2-3-7)9(12-6)10(13)14/h1,4,7H,2-3H2,(H,13,14). The Labute approximate surface area is 85.9 Å². The molecule has 1 aliphatic rings. The Kier molecular flexibility index (Phi) is 2.26. The van der Waals surface area contributed by atoms with Gasteiger partial charge in [0, 0.05) is 0 Å². The average molecular weight is 204 g/mol. The smallest absolute Gasteiger partial charge is 0.358 e. The maximum absolute atomic E-state index is 10.8. The summed E-state index contributed by atoms with van der Waals surface area (Å²) in [5.41, 5.74) is -0.114. The fourth-order valence-corrected chi connectivity index (χ4v) is 1.12. The van der Waals surface area contributed by atoms with Gasteiger partial charge in [-0.25, -0.2) is 9.78 Å². The number of aromatic nitrogens is 1. The summed E-state index contributed by atoms with van der Waals surface area (Å²) in [6.45, 7) is 0. The van der Waals surface area contributed by atoms with E-state index in [1.54, 1.807) is 6.07 Å². The normalized spacial score (nSPS) is 14.3. The van der Waals surface area contributed by atoms with Crippen molar-refractivity contribution in [1.82, 2.24) is 4.98 Å². The summed E-state index contributed by atoms with van der Waals surface area (Å²) in [5.74, 6) is -0.938. The molecule has 0 bridgehead atoms. The third kappa shape index (κ3) is 2.05. The monoisotopic (exact) mass is 204 g/mol.